The molecule has 1 heterocycles. The summed E-state index contributed by atoms with van der Waals surface area (Å²) in [6.45, 7) is 6.97. The van der Waals surface area contributed by atoms with Crippen LogP contribution < -0.4 is 26.6 Å². The Bertz CT molecular complexity index is 1330. The fourth-order valence-corrected chi connectivity index (χ4v) is 5.81. The first-order valence-electron chi connectivity index (χ1n) is 16.7. The molecule has 0 radical (unpaired) electrons. The van der Waals surface area contributed by atoms with Gasteiger partial charge in [-0.2, -0.15) is 0 Å². The zero-order chi connectivity index (χ0) is 35.5. The third-order valence-corrected chi connectivity index (χ3v) is 8.66. The molecule has 14 heteroatoms. The Morgan fingerprint density at radius 3 is 2.08 bits per heavy atom. The lowest BCUT2D eigenvalue weighted by atomic mass is 9.80. The lowest BCUT2D eigenvalue weighted by molar-refractivity contribution is -0.143. The van der Waals surface area contributed by atoms with Crippen LogP contribution in [-0.4, -0.2) is 103 Å². The van der Waals surface area contributed by atoms with Crippen LogP contribution in [0.4, 0.5) is 4.79 Å². The molecule has 7 amide bonds. The molecule has 264 valence electrons. The van der Waals surface area contributed by atoms with Crippen LogP contribution in [0.25, 0.3) is 0 Å². The summed E-state index contributed by atoms with van der Waals surface area (Å²) in [6.07, 6.45) is 3.88. The lowest BCUT2D eigenvalue weighted by Gasteiger charge is -2.32. The van der Waals surface area contributed by atoms with E-state index in [9.17, 15) is 33.6 Å². The summed E-state index contributed by atoms with van der Waals surface area (Å²) in [7, 11) is 3.13. The molecular formula is C34H51N7O7. The number of hydrogen-bond donors (Lipinski definition) is 5. The molecule has 1 saturated heterocycles. The second-order valence-corrected chi connectivity index (χ2v) is 13.5. The van der Waals surface area contributed by atoms with E-state index in [0.29, 0.717) is 24.9 Å². The normalized spacial score (nSPS) is 17.8. The average Bonchev–Trinajstić information content (AvgIpc) is 3.51. The Morgan fingerprint density at radius 1 is 0.854 bits per heavy atom. The molecule has 14 nitrogen and oxygen atoms in total. The summed E-state index contributed by atoms with van der Waals surface area (Å²) in [4.78, 5) is 94.4. The fourth-order valence-electron chi connectivity index (χ4n) is 5.81. The van der Waals surface area contributed by atoms with Crippen LogP contribution >= 0.6 is 0 Å². The van der Waals surface area contributed by atoms with E-state index >= 15 is 0 Å². The van der Waals surface area contributed by atoms with Gasteiger partial charge >= 0.3 is 6.03 Å². The van der Waals surface area contributed by atoms with E-state index in [1.165, 1.54) is 9.80 Å². The quantitative estimate of drug-likeness (QED) is 0.173. The molecule has 4 unspecified atom stereocenters. The summed E-state index contributed by atoms with van der Waals surface area (Å²) >= 11 is 0. The van der Waals surface area contributed by atoms with Gasteiger partial charge in [0, 0.05) is 26.7 Å². The van der Waals surface area contributed by atoms with Gasteiger partial charge in [0.1, 0.15) is 18.1 Å². The molecule has 0 aromatic heterocycles. The molecule has 1 aliphatic carbocycles. The lowest BCUT2D eigenvalue weighted by Crippen LogP contribution is -2.58. The number of Topliss-reactive ketones (excluding diaryl/α,β-unsaturated/α-hetero) is 1. The van der Waals surface area contributed by atoms with Crippen molar-refractivity contribution >= 4 is 41.4 Å². The van der Waals surface area contributed by atoms with Crippen LogP contribution in [-0.2, 0) is 28.8 Å². The predicted octanol–water partition coefficient (Wildman–Crippen LogP) is 1.02. The summed E-state index contributed by atoms with van der Waals surface area (Å²) < 4.78 is 0. The van der Waals surface area contributed by atoms with Gasteiger partial charge in [0.2, 0.25) is 29.4 Å². The zero-order valence-corrected chi connectivity index (χ0v) is 28.8. The average molecular weight is 670 g/mol. The largest absolute Gasteiger partial charge is 0.347 e. The highest BCUT2D eigenvalue weighted by Gasteiger charge is 2.41. The molecule has 1 aromatic rings. The standard InChI is InChI=1S/C34H51N7O7/c1-20(2)27(39-34(48)36-21(3)4)33(47)41-17-11-16-25(41)30(44)37-24(18-22-12-10-13-22)29(43)31(45)35-19-26(42)38-28(32(46)40(5)6)23-14-8-7-9-15-23/h7-9,14-15,20-22,24-25,27-28H,10-13,16-19H2,1-6H3,(H,35,45)(H,37,44)(H,38,42)(H2,36,39,48). The topological polar surface area (TPSA) is 186 Å². The molecule has 1 aromatic carbocycles. The van der Waals surface area contributed by atoms with Crippen LogP contribution in [0.3, 0.4) is 0 Å². The van der Waals surface area contributed by atoms with Crippen molar-refractivity contribution in [1.29, 1.82) is 0 Å². The summed E-state index contributed by atoms with van der Waals surface area (Å²) in [6, 6.07) is 4.17. The molecule has 48 heavy (non-hydrogen) atoms. The number of nitrogens with one attached hydrogen (secondary N) is 5. The molecule has 0 spiro atoms. The Hall–Kier alpha value is -4.49. The van der Waals surface area contributed by atoms with Gasteiger partial charge < -0.3 is 36.4 Å². The number of hydrogen-bond acceptors (Lipinski definition) is 7. The molecule has 4 atom stereocenters. The van der Waals surface area contributed by atoms with E-state index in [-0.39, 0.29) is 30.2 Å². The maximum absolute atomic E-state index is 13.6. The highest BCUT2D eigenvalue weighted by Crippen LogP contribution is 2.31. The van der Waals surface area contributed by atoms with Crippen LogP contribution in [0.1, 0.15) is 77.8 Å². The number of carbonyl (C=O) groups excluding carboxylic acids is 7. The molecule has 1 aliphatic heterocycles. The van der Waals surface area contributed by atoms with Crippen molar-refractivity contribution in [3.63, 3.8) is 0 Å². The molecule has 2 aliphatic rings. The maximum Gasteiger partial charge on any atom is 0.315 e. The van der Waals surface area contributed by atoms with Crippen LogP contribution in [0.5, 0.6) is 0 Å². The number of nitrogens with zero attached hydrogens (tertiary/aromatic N) is 2. The number of carbonyl (C=O) groups is 7. The Morgan fingerprint density at radius 2 is 1.52 bits per heavy atom. The molecule has 5 N–H and O–H groups in total. The first kappa shape index (κ1) is 38.0. The Labute approximate surface area is 282 Å². The third kappa shape index (κ3) is 10.5. The molecule has 2 fully saturated rings. The van der Waals surface area contributed by atoms with Gasteiger partial charge in [0.15, 0.2) is 0 Å². The summed E-state index contributed by atoms with van der Waals surface area (Å²) in [5.74, 6) is -4.02. The maximum atomic E-state index is 13.6. The second kappa shape index (κ2) is 17.6. The first-order valence-corrected chi connectivity index (χ1v) is 16.7. The van der Waals surface area contributed by atoms with Crippen molar-refractivity contribution in [2.24, 2.45) is 11.8 Å². The van der Waals surface area contributed by atoms with E-state index in [2.05, 4.69) is 26.6 Å². The third-order valence-electron chi connectivity index (χ3n) is 8.66. The van der Waals surface area contributed by atoms with Crippen molar-refractivity contribution in [1.82, 2.24) is 36.4 Å². The SMILES string of the molecule is CC(C)NC(=O)NC(C(=O)N1CCCC1C(=O)NC(CC1CCC1)C(=O)C(=O)NCC(=O)NC(C(=O)N(C)C)c1ccccc1)C(C)C. The smallest absolute Gasteiger partial charge is 0.315 e. The zero-order valence-electron chi connectivity index (χ0n) is 28.8. The van der Waals surface area contributed by atoms with Gasteiger partial charge in [0.25, 0.3) is 5.91 Å². The van der Waals surface area contributed by atoms with Crippen molar-refractivity contribution < 1.29 is 33.6 Å². The number of likely N-dealkylation sites (N-methyl/N-ethyl adjacent to an activating group) is 1. The van der Waals surface area contributed by atoms with Crippen molar-refractivity contribution in [2.75, 3.05) is 27.2 Å². The first-order chi connectivity index (χ1) is 22.7. The fraction of sp³-hybridized carbons (Fsp3) is 0.618. The van der Waals surface area contributed by atoms with Crippen LogP contribution in [0.15, 0.2) is 30.3 Å². The molecule has 0 bridgehead atoms. The van der Waals surface area contributed by atoms with Crippen LogP contribution in [0.2, 0.25) is 0 Å². The van der Waals surface area contributed by atoms with Gasteiger partial charge in [0.05, 0.1) is 12.6 Å². The van der Waals surface area contributed by atoms with E-state index < -0.39 is 66.2 Å². The number of amides is 7. The van der Waals surface area contributed by atoms with E-state index in [0.717, 1.165) is 19.3 Å². The highest BCUT2D eigenvalue weighted by molar-refractivity contribution is 6.38. The number of benzene rings is 1. The van der Waals surface area contributed by atoms with Crippen LogP contribution in [0, 0.1) is 11.8 Å². The van der Waals surface area contributed by atoms with Gasteiger partial charge in [-0.1, -0.05) is 63.4 Å². The Kier molecular flexibility index (Phi) is 13.9. The molecule has 1 saturated carbocycles. The van der Waals surface area contributed by atoms with E-state index in [1.54, 1.807) is 72.1 Å². The monoisotopic (exact) mass is 669 g/mol. The number of likely N-dealkylation sites (tertiary alicyclic amines) is 1. The molecular weight excluding hydrogens is 618 g/mol. The number of ketones is 1. The minimum atomic E-state index is -1.15. The van der Waals surface area contributed by atoms with Gasteiger partial charge in [-0.25, -0.2) is 4.79 Å². The number of urea groups is 1. The van der Waals surface area contributed by atoms with Crippen molar-refractivity contribution in [2.45, 2.75) is 96.4 Å². The summed E-state index contributed by atoms with van der Waals surface area (Å²) in [5.41, 5.74) is 0.559. The highest BCUT2D eigenvalue weighted by atomic mass is 16.2. The van der Waals surface area contributed by atoms with E-state index in [4.69, 9.17) is 0 Å². The van der Waals surface area contributed by atoms with Gasteiger partial charge in [-0.3, -0.25) is 28.8 Å². The van der Waals surface area contributed by atoms with Crippen molar-refractivity contribution in [3.8, 4) is 0 Å². The van der Waals surface area contributed by atoms with Crippen molar-refractivity contribution in [3.05, 3.63) is 35.9 Å². The Balaban J connectivity index is 1.66. The summed E-state index contributed by atoms with van der Waals surface area (Å²) in [5, 5.41) is 13.1. The molecule has 3 rings (SSSR count). The minimum absolute atomic E-state index is 0.131. The second-order valence-electron chi connectivity index (χ2n) is 13.5. The van der Waals surface area contributed by atoms with E-state index in [1.807, 2.05) is 0 Å². The number of rotatable bonds is 15. The minimum Gasteiger partial charge on any atom is -0.347 e. The predicted molar refractivity (Wildman–Crippen MR) is 178 cm³/mol. The van der Waals surface area contributed by atoms with Gasteiger partial charge in [-0.05, 0) is 50.5 Å². The van der Waals surface area contributed by atoms with Gasteiger partial charge in [-0.15, -0.1) is 0 Å².